The van der Waals surface area contributed by atoms with Gasteiger partial charge >= 0.3 is 0 Å². The Morgan fingerprint density at radius 2 is 2.21 bits per heavy atom. The number of rotatable bonds is 4. The Kier molecular flexibility index (Phi) is 4.40. The minimum Gasteiger partial charge on any atom is -0.338 e. The van der Waals surface area contributed by atoms with E-state index >= 15 is 0 Å². The lowest BCUT2D eigenvalue weighted by molar-refractivity contribution is 0.0746. The lowest BCUT2D eigenvalue weighted by Gasteiger charge is -2.23. The third-order valence-corrected chi connectivity index (χ3v) is 6.13. The highest BCUT2D eigenvalue weighted by Gasteiger charge is 2.34. The van der Waals surface area contributed by atoms with Gasteiger partial charge in [-0.1, -0.05) is 13.0 Å². The standard InChI is InChI=1S/C16H20N4O3S/c1-3-14-13(10-18-20(14)15-6-4-5-8-17-15)16(21)19(2)12-7-9-24(22,23)11-12/h4-6,8,10,12H,3,7,9,11H2,1-2H3. The zero-order valence-electron chi connectivity index (χ0n) is 13.7. The van der Waals surface area contributed by atoms with Crippen molar-refractivity contribution in [2.75, 3.05) is 18.6 Å². The fourth-order valence-electron chi connectivity index (χ4n) is 3.01. The predicted molar refractivity (Wildman–Crippen MR) is 89.9 cm³/mol. The van der Waals surface area contributed by atoms with Crippen molar-refractivity contribution >= 4 is 15.7 Å². The van der Waals surface area contributed by atoms with E-state index in [2.05, 4.69) is 10.1 Å². The zero-order valence-corrected chi connectivity index (χ0v) is 14.5. The molecule has 1 amide bonds. The molecule has 0 saturated carbocycles. The van der Waals surface area contributed by atoms with Crippen molar-refractivity contribution in [1.29, 1.82) is 0 Å². The van der Waals surface area contributed by atoms with Crippen LogP contribution in [0.15, 0.2) is 30.6 Å². The SMILES string of the molecule is CCc1c(C(=O)N(C)C2CCS(=O)(=O)C2)cnn1-c1ccccn1. The van der Waals surface area contributed by atoms with Crippen molar-refractivity contribution in [3.8, 4) is 5.82 Å². The van der Waals surface area contributed by atoms with Crippen molar-refractivity contribution in [3.63, 3.8) is 0 Å². The zero-order chi connectivity index (χ0) is 17.3. The summed E-state index contributed by atoms with van der Waals surface area (Å²) in [7, 11) is -1.38. The van der Waals surface area contributed by atoms with Gasteiger partial charge in [0.15, 0.2) is 15.7 Å². The molecule has 24 heavy (non-hydrogen) atoms. The van der Waals surface area contributed by atoms with Gasteiger partial charge in [-0.25, -0.2) is 18.1 Å². The summed E-state index contributed by atoms with van der Waals surface area (Å²) in [5.41, 5.74) is 1.27. The molecule has 0 aromatic carbocycles. The van der Waals surface area contributed by atoms with Gasteiger partial charge in [-0.05, 0) is 25.0 Å². The van der Waals surface area contributed by atoms with Gasteiger partial charge in [-0.3, -0.25) is 4.79 Å². The van der Waals surface area contributed by atoms with Crippen LogP contribution in [-0.4, -0.2) is 58.6 Å². The van der Waals surface area contributed by atoms with Crippen LogP contribution in [0.5, 0.6) is 0 Å². The summed E-state index contributed by atoms with van der Waals surface area (Å²) in [5, 5.41) is 4.30. The summed E-state index contributed by atoms with van der Waals surface area (Å²) in [4.78, 5) is 18.6. The summed E-state index contributed by atoms with van der Waals surface area (Å²) in [6.07, 6.45) is 4.32. The summed E-state index contributed by atoms with van der Waals surface area (Å²) < 4.78 is 25.0. The van der Waals surface area contributed by atoms with E-state index in [9.17, 15) is 13.2 Å². The Hall–Kier alpha value is -2.22. The van der Waals surface area contributed by atoms with E-state index in [1.54, 1.807) is 17.9 Å². The normalized spacial score (nSPS) is 19.3. The lowest BCUT2D eigenvalue weighted by atomic mass is 10.1. The molecular weight excluding hydrogens is 328 g/mol. The predicted octanol–water partition coefficient (Wildman–Crippen LogP) is 1.09. The molecule has 8 heteroatoms. The number of sulfone groups is 1. The molecule has 0 radical (unpaired) electrons. The number of amides is 1. The molecular formula is C16H20N4O3S. The molecule has 0 spiro atoms. The molecule has 1 aliphatic heterocycles. The highest BCUT2D eigenvalue weighted by atomic mass is 32.2. The van der Waals surface area contributed by atoms with Crippen molar-refractivity contribution < 1.29 is 13.2 Å². The third kappa shape index (κ3) is 3.06. The van der Waals surface area contributed by atoms with Gasteiger partial charge in [0.05, 0.1) is 29.0 Å². The minimum absolute atomic E-state index is 0.0328. The molecule has 3 heterocycles. The molecule has 1 fully saturated rings. The van der Waals surface area contributed by atoms with Crippen LogP contribution in [0.4, 0.5) is 0 Å². The molecule has 0 N–H and O–H groups in total. The average Bonchev–Trinajstić information content (AvgIpc) is 3.17. The van der Waals surface area contributed by atoms with E-state index in [0.717, 1.165) is 5.69 Å². The van der Waals surface area contributed by atoms with Crippen LogP contribution in [0.2, 0.25) is 0 Å². The number of carbonyl (C=O) groups excluding carboxylic acids is 1. The van der Waals surface area contributed by atoms with Gasteiger partial charge in [-0.2, -0.15) is 5.10 Å². The average molecular weight is 348 g/mol. The lowest BCUT2D eigenvalue weighted by Crippen LogP contribution is -2.38. The summed E-state index contributed by atoms with van der Waals surface area (Å²) in [5.74, 6) is 0.629. The van der Waals surface area contributed by atoms with Gasteiger partial charge in [0.25, 0.3) is 5.91 Å². The first-order valence-corrected chi connectivity index (χ1v) is 9.71. The van der Waals surface area contributed by atoms with E-state index in [4.69, 9.17) is 0 Å². The molecule has 0 bridgehead atoms. The van der Waals surface area contributed by atoms with Gasteiger partial charge < -0.3 is 4.90 Å². The van der Waals surface area contributed by atoms with Crippen LogP contribution in [0.1, 0.15) is 29.4 Å². The van der Waals surface area contributed by atoms with Gasteiger partial charge in [-0.15, -0.1) is 0 Å². The molecule has 1 atom stereocenters. The Bertz CT molecular complexity index is 845. The fraction of sp³-hybridized carbons (Fsp3) is 0.438. The second kappa shape index (κ2) is 6.35. The first-order valence-electron chi connectivity index (χ1n) is 7.89. The highest BCUT2D eigenvalue weighted by Crippen LogP contribution is 2.21. The molecule has 1 aliphatic rings. The second-order valence-electron chi connectivity index (χ2n) is 5.93. The Balaban J connectivity index is 1.89. The van der Waals surface area contributed by atoms with Crippen LogP contribution >= 0.6 is 0 Å². The molecule has 0 aliphatic carbocycles. The van der Waals surface area contributed by atoms with Crippen LogP contribution in [0.3, 0.4) is 0 Å². The number of carbonyl (C=O) groups is 1. The first-order chi connectivity index (χ1) is 11.4. The molecule has 3 rings (SSSR count). The van der Waals surface area contributed by atoms with Crippen LogP contribution < -0.4 is 0 Å². The number of pyridine rings is 1. The highest BCUT2D eigenvalue weighted by molar-refractivity contribution is 7.91. The van der Waals surface area contributed by atoms with Crippen molar-refractivity contribution in [2.45, 2.75) is 25.8 Å². The van der Waals surface area contributed by atoms with Gasteiger partial charge in [0.1, 0.15) is 0 Å². The maximum atomic E-state index is 12.8. The molecule has 7 nitrogen and oxygen atoms in total. The maximum Gasteiger partial charge on any atom is 0.257 e. The van der Waals surface area contributed by atoms with Crippen LogP contribution in [0, 0.1) is 0 Å². The molecule has 2 aromatic heterocycles. The number of aromatic nitrogens is 3. The Morgan fingerprint density at radius 3 is 2.79 bits per heavy atom. The number of hydrogen-bond donors (Lipinski definition) is 0. The summed E-state index contributed by atoms with van der Waals surface area (Å²) >= 11 is 0. The van der Waals surface area contributed by atoms with Crippen LogP contribution in [0.25, 0.3) is 5.82 Å². The van der Waals surface area contributed by atoms with Crippen molar-refractivity contribution in [1.82, 2.24) is 19.7 Å². The first kappa shape index (κ1) is 16.6. The molecule has 128 valence electrons. The topological polar surface area (TPSA) is 85.2 Å². The third-order valence-electron chi connectivity index (χ3n) is 4.38. The quantitative estimate of drug-likeness (QED) is 0.826. The van der Waals surface area contributed by atoms with E-state index in [-0.39, 0.29) is 23.5 Å². The van der Waals surface area contributed by atoms with Gasteiger partial charge in [0, 0.05) is 19.3 Å². The largest absolute Gasteiger partial charge is 0.338 e. The van der Waals surface area contributed by atoms with Crippen LogP contribution in [-0.2, 0) is 16.3 Å². The van der Waals surface area contributed by atoms with Crippen molar-refractivity contribution in [3.05, 3.63) is 41.9 Å². The molecule has 1 unspecified atom stereocenters. The fourth-order valence-corrected chi connectivity index (χ4v) is 4.78. The second-order valence-corrected chi connectivity index (χ2v) is 8.16. The van der Waals surface area contributed by atoms with Crippen molar-refractivity contribution in [2.24, 2.45) is 0 Å². The summed E-state index contributed by atoms with van der Waals surface area (Å²) in [6.45, 7) is 1.95. The minimum atomic E-state index is -3.03. The smallest absolute Gasteiger partial charge is 0.257 e. The molecule has 2 aromatic rings. The van der Waals surface area contributed by atoms with Gasteiger partial charge in [0.2, 0.25) is 0 Å². The monoisotopic (exact) mass is 348 g/mol. The maximum absolute atomic E-state index is 12.8. The van der Waals surface area contributed by atoms with E-state index in [1.165, 1.54) is 11.1 Å². The number of nitrogens with zero attached hydrogens (tertiary/aromatic N) is 4. The number of hydrogen-bond acceptors (Lipinski definition) is 5. The van der Waals surface area contributed by atoms with E-state index in [1.807, 2.05) is 25.1 Å². The summed E-state index contributed by atoms with van der Waals surface area (Å²) in [6, 6.07) is 5.23. The van der Waals surface area contributed by atoms with E-state index in [0.29, 0.717) is 24.2 Å². The Labute approximate surface area is 141 Å². The molecule has 1 saturated heterocycles. The van der Waals surface area contributed by atoms with E-state index < -0.39 is 9.84 Å². The Morgan fingerprint density at radius 1 is 1.42 bits per heavy atom.